The number of hydrogen-bond acceptors (Lipinski definition) is 3. The second-order valence-electron chi connectivity index (χ2n) is 4.53. The van der Waals surface area contributed by atoms with Gasteiger partial charge in [-0.25, -0.2) is 0 Å². The van der Waals surface area contributed by atoms with Gasteiger partial charge in [0.25, 0.3) is 0 Å². The number of hydrogen-bond donors (Lipinski definition) is 1. The summed E-state index contributed by atoms with van der Waals surface area (Å²) >= 11 is 0. The Balaban J connectivity index is 2.55. The molecule has 0 fully saturated rings. The van der Waals surface area contributed by atoms with Crippen molar-refractivity contribution < 1.29 is 0 Å². The lowest BCUT2D eigenvalue weighted by molar-refractivity contribution is 0.442. The maximum atomic E-state index is 3.98. The van der Waals surface area contributed by atoms with Gasteiger partial charge in [-0.1, -0.05) is 20.8 Å². The fraction of sp³-hybridized carbons (Fsp3) is 0.600. The smallest absolute Gasteiger partial charge is 0.148 e. The van der Waals surface area contributed by atoms with Gasteiger partial charge in [0.1, 0.15) is 5.82 Å². The van der Waals surface area contributed by atoms with Gasteiger partial charge in [0.15, 0.2) is 0 Å². The number of nitrogens with zero attached hydrogens (tertiary/aromatic N) is 2. The van der Waals surface area contributed by atoms with Gasteiger partial charge in [-0.3, -0.25) is 0 Å². The van der Waals surface area contributed by atoms with Crippen molar-refractivity contribution in [3.8, 4) is 0 Å². The molecule has 1 aromatic heterocycles. The second kappa shape index (κ2) is 3.73. The molecule has 0 atom stereocenters. The highest BCUT2D eigenvalue weighted by Crippen LogP contribution is 2.13. The summed E-state index contributed by atoms with van der Waals surface area (Å²) in [7, 11) is 0. The first-order chi connectivity index (χ1) is 5.97. The lowest BCUT2D eigenvalue weighted by Crippen LogP contribution is -2.19. The van der Waals surface area contributed by atoms with Crippen molar-refractivity contribution in [3.63, 3.8) is 0 Å². The molecule has 0 unspecified atom stereocenters. The monoisotopic (exact) mass is 179 g/mol. The van der Waals surface area contributed by atoms with E-state index in [1.165, 1.54) is 0 Å². The van der Waals surface area contributed by atoms with Crippen molar-refractivity contribution in [1.82, 2.24) is 10.2 Å². The molecule has 1 N–H and O–H groups in total. The Labute approximate surface area is 79.6 Å². The predicted octanol–water partition coefficient (Wildman–Crippen LogP) is 2.24. The molecule has 0 saturated carbocycles. The van der Waals surface area contributed by atoms with Crippen LogP contribution in [0.15, 0.2) is 12.3 Å². The molecule has 72 valence electrons. The maximum absolute atomic E-state index is 3.98. The highest BCUT2D eigenvalue weighted by atomic mass is 15.2. The fourth-order valence-electron chi connectivity index (χ4n) is 0.906. The largest absolute Gasteiger partial charge is 0.368 e. The van der Waals surface area contributed by atoms with E-state index in [1.54, 1.807) is 6.20 Å². The minimum Gasteiger partial charge on any atom is -0.368 e. The second-order valence-corrected chi connectivity index (χ2v) is 4.53. The summed E-state index contributed by atoms with van der Waals surface area (Å²) in [4.78, 5) is 0. The van der Waals surface area contributed by atoms with Gasteiger partial charge in [-0.2, -0.15) is 5.10 Å². The minimum absolute atomic E-state index is 0.269. The highest BCUT2D eigenvalue weighted by Gasteiger charge is 2.09. The molecule has 3 heteroatoms. The fourth-order valence-corrected chi connectivity index (χ4v) is 0.906. The number of aromatic nitrogens is 2. The van der Waals surface area contributed by atoms with Gasteiger partial charge in [-0.15, -0.1) is 5.10 Å². The summed E-state index contributed by atoms with van der Waals surface area (Å²) in [6.45, 7) is 9.47. The summed E-state index contributed by atoms with van der Waals surface area (Å²) in [5.74, 6) is 0.856. The zero-order valence-corrected chi connectivity index (χ0v) is 8.76. The third kappa shape index (κ3) is 3.87. The van der Waals surface area contributed by atoms with E-state index >= 15 is 0 Å². The Morgan fingerprint density at radius 1 is 1.38 bits per heavy atom. The zero-order valence-electron chi connectivity index (χ0n) is 8.76. The molecule has 3 nitrogen and oxygen atoms in total. The van der Waals surface area contributed by atoms with Crippen molar-refractivity contribution in [2.45, 2.75) is 27.7 Å². The van der Waals surface area contributed by atoms with Crippen LogP contribution in [0.25, 0.3) is 0 Å². The standard InChI is InChI=1S/C10H17N3/c1-8-5-9(13-12-6-8)11-7-10(2,3)4/h5-6H,7H2,1-4H3,(H,11,13). The molecule has 0 radical (unpaired) electrons. The van der Waals surface area contributed by atoms with E-state index in [4.69, 9.17) is 0 Å². The number of aryl methyl sites for hydroxylation is 1. The lowest BCUT2D eigenvalue weighted by atomic mass is 9.97. The van der Waals surface area contributed by atoms with Gasteiger partial charge in [-0.05, 0) is 24.0 Å². The first kappa shape index (κ1) is 9.96. The van der Waals surface area contributed by atoms with E-state index in [-0.39, 0.29) is 5.41 Å². The molecule has 0 amide bonds. The average molecular weight is 179 g/mol. The Kier molecular flexibility index (Phi) is 2.86. The SMILES string of the molecule is Cc1cnnc(NCC(C)(C)C)c1. The molecule has 0 saturated heterocycles. The van der Waals surface area contributed by atoms with Crippen LogP contribution >= 0.6 is 0 Å². The van der Waals surface area contributed by atoms with Gasteiger partial charge in [0, 0.05) is 6.54 Å². The van der Waals surface area contributed by atoms with Crippen molar-refractivity contribution in [2.24, 2.45) is 5.41 Å². The topological polar surface area (TPSA) is 37.8 Å². The summed E-state index contributed by atoms with van der Waals surface area (Å²) in [5, 5.41) is 11.1. The van der Waals surface area contributed by atoms with Crippen LogP contribution in [0.1, 0.15) is 26.3 Å². The van der Waals surface area contributed by atoms with Gasteiger partial charge >= 0.3 is 0 Å². The maximum Gasteiger partial charge on any atom is 0.148 e. The van der Waals surface area contributed by atoms with Crippen molar-refractivity contribution >= 4 is 5.82 Å². The van der Waals surface area contributed by atoms with E-state index in [0.29, 0.717) is 0 Å². The van der Waals surface area contributed by atoms with E-state index in [1.807, 2.05) is 13.0 Å². The van der Waals surface area contributed by atoms with Gasteiger partial charge < -0.3 is 5.32 Å². The molecule has 0 spiro atoms. The summed E-state index contributed by atoms with van der Waals surface area (Å²) in [6, 6.07) is 2.00. The predicted molar refractivity (Wildman–Crippen MR) is 54.7 cm³/mol. The van der Waals surface area contributed by atoms with Gasteiger partial charge in [0.2, 0.25) is 0 Å². The average Bonchev–Trinajstić information content (AvgIpc) is 2.00. The molecule has 0 aliphatic carbocycles. The summed E-state index contributed by atoms with van der Waals surface area (Å²) in [6.07, 6.45) is 1.75. The third-order valence-electron chi connectivity index (χ3n) is 1.59. The Morgan fingerprint density at radius 3 is 2.62 bits per heavy atom. The van der Waals surface area contributed by atoms with Crippen molar-refractivity contribution in [1.29, 1.82) is 0 Å². The van der Waals surface area contributed by atoms with Crippen LogP contribution in [0.3, 0.4) is 0 Å². The first-order valence-electron chi connectivity index (χ1n) is 4.50. The van der Waals surface area contributed by atoms with Crippen LogP contribution in [-0.4, -0.2) is 16.7 Å². The zero-order chi connectivity index (χ0) is 9.90. The van der Waals surface area contributed by atoms with Crippen LogP contribution in [0.5, 0.6) is 0 Å². The van der Waals surface area contributed by atoms with Crippen molar-refractivity contribution in [3.05, 3.63) is 17.8 Å². The minimum atomic E-state index is 0.269. The molecular weight excluding hydrogens is 162 g/mol. The number of nitrogens with one attached hydrogen (secondary N) is 1. The van der Waals surface area contributed by atoms with E-state index in [9.17, 15) is 0 Å². The van der Waals surface area contributed by atoms with E-state index < -0.39 is 0 Å². The lowest BCUT2D eigenvalue weighted by Gasteiger charge is -2.18. The quantitative estimate of drug-likeness (QED) is 0.756. The molecule has 1 aromatic rings. The molecule has 0 aliphatic rings. The van der Waals surface area contributed by atoms with Crippen LogP contribution in [0.4, 0.5) is 5.82 Å². The van der Waals surface area contributed by atoms with Crippen LogP contribution < -0.4 is 5.32 Å². The van der Waals surface area contributed by atoms with Crippen molar-refractivity contribution in [2.75, 3.05) is 11.9 Å². The normalized spacial score (nSPS) is 11.4. The third-order valence-corrected chi connectivity index (χ3v) is 1.59. The molecule has 0 aromatic carbocycles. The van der Waals surface area contributed by atoms with Gasteiger partial charge in [0.05, 0.1) is 6.20 Å². The molecular formula is C10H17N3. The van der Waals surface area contributed by atoms with Crippen LogP contribution in [0.2, 0.25) is 0 Å². The summed E-state index contributed by atoms with van der Waals surface area (Å²) < 4.78 is 0. The molecule has 1 rings (SSSR count). The Hall–Kier alpha value is -1.12. The van der Waals surface area contributed by atoms with Crippen LogP contribution in [0, 0.1) is 12.3 Å². The highest BCUT2D eigenvalue weighted by molar-refractivity contribution is 5.35. The molecule has 0 bridgehead atoms. The Morgan fingerprint density at radius 2 is 2.08 bits per heavy atom. The molecule has 0 aliphatic heterocycles. The first-order valence-corrected chi connectivity index (χ1v) is 4.50. The number of rotatable bonds is 2. The van der Waals surface area contributed by atoms with Crippen LogP contribution in [-0.2, 0) is 0 Å². The van der Waals surface area contributed by atoms with E-state index in [0.717, 1.165) is 17.9 Å². The molecule has 1 heterocycles. The van der Waals surface area contributed by atoms with E-state index in [2.05, 4.69) is 36.3 Å². The number of anilines is 1. The molecule has 13 heavy (non-hydrogen) atoms. The summed E-state index contributed by atoms with van der Waals surface area (Å²) in [5.41, 5.74) is 1.40. The Bertz CT molecular complexity index is 276.